The second-order valence-electron chi connectivity index (χ2n) is 4.71. The third-order valence-electron chi connectivity index (χ3n) is 2.69. The Kier molecular flexibility index (Phi) is 2.96. The smallest absolute Gasteiger partial charge is 0.323 e. The molecule has 13 heavy (non-hydrogen) atoms. The first kappa shape index (κ1) is 10.5. The monoisotopic (exact) mass is 185 g/mol. The minimum Gasteiger partial charge on any atom is -0.480 e. The van der Waals surface area contributed by atoms with Crippen LogP contribution in [0.4, 0.5) is 0 Å². The van der Waals surface area contributed by atoms with E-state index in [1.807, 2.05) is 0 Å². The van der Waals surface area contributed by atoms with E-state index in [2.05, 4.69) is 6.92 Å². The molecule has 0 bridgehead atoms. The number of carboxylic acid groups (broad SMARTS) is 1. The molecule has 1 rings (SSSR count). The summed E-state index contributed by atoms with van der Waals surface area (Å²) in [5.74, 6) is 0.383. The molecule has 0 radical (unpaired) electrons. The number of hydrogen-bond acceptors (Lipinski definition) is 2. The van der Waals surface area contributed by atoms with E-state index in [4.69, 9.17) is 10.8 Å². The SMILES string of the molecule is C[C@@H](CC1CC1)C[C@@](C)(N)C(=O)O. The molecule has 3 heteroatoms. The minimum absolute atomic E-state index is 0.429. The molecular formula is C10H19NO2. The van der Waals surface area contributed by atoms with Crippen LogP contribution in [0.25, 0.3) is 0 Å². The molecule has 0 aromatic heterocycles. The summed E-state index contributed by atoms with van der Waals surface area (Å²) in [7, 11) is 0. The zero-order valence-corrected chi connectivity index (χ0v) is 8.42. The van der Waals surface area contributed by atoms with Gasteiger partial charge in [0.2, 0.25) is 0 Å². The van der Waals surface area contributed by atoms with Gasteiger partial charge in [0.15, 0.2) is 0 Å². The van der Waals surface area contributed by atoms with Gasteiger partial charge in [0.05, 0.1) is 0 Å². The average Bonchev–Trinajstić information content (AvgIpc) is 2.69. The lowest BCUT2D eigenvalue weighted by Gasteiger charge is -2.23. The first-order chi connectivity index (χ1) is 5.92. The summed E-state index contributed by atoms with van der Waals surface area (Å²) in [6.07, 6.45) is 4.36. The average molecular weight is 185 g/mol. The second kappa shape index (κ2) is 3.66. The Bertz CT molecular complexity index is 197. The van der Waals surface area contributed by atoms with E-state index in [0.29, 0.717) is 12.3 Å². The van der Waals surface area contributed by atoms with Gasteiger partial charge in [-0.2, -0.15) is 0 Å². The van der Waals surface area contributed by atoms with Gasteiger partial charge in [-0.25, -0.2) is 0 Å². The number of aliphatic carboxylic acids is 1. The van der Waals surface area contributed by atoms with Crippen LogP contribution in [0.1, 0.15) is 39.5 Å². The molecule has 3 nitrogen and oxygen atoms in total. The summed E-state index contributed by atoms with van der Waals surface area (Å²) < 4.78 is 0. The van der Waals surface area contributed by atoms with Crippen molar-refractivity contribution >= 4 is 5.97 Å². The normalized spacial score (nSPS) is 23.6. The fourth-order valence-electron chi connectivity index (χ4n) is 1.82. The van der Waals surface area contributed by atoms with Crippen molar-refractivity contribution in [2.45, 2.75) is 45.1 Å². The van der Waals surface area contributed by atoms with Crippen molar-refractivity contribution < 1.29 is 9.90 Å². The Morgan fingerprint density at radius 1 is 1.69 bits per heavy atom. The number of rotatable bonds is 5. The van der Waals surface area contributed by atoms with E-state index in [-0.39, 0.29) is 0 Å². The van der Waals surface area contributed by atoms with E-state index < -0.39 is 11.5 Å². The van der Waals surface area contributed by atoms with Crippen LogP contribution >= 0.6 is 0 Å². The van der Waals surface area contributed by atoms with Crippen molar-refractivity contribution in [1.82, 2.24) is 0 Å². The van der Waals surface area contributed by atoms with Crippen molar-refractivity contribution in [3.8, 4) is 0 Å². The quantitative estimate of drug-likeness (QED) is 0.684. The van der Waals surface area contributed by atoms with E-state index >= 15 is 0 Å². The lowest BCUT2D eigenvalue weighted by molar-refractivity contribution is -0.143. The first-order valence-electron chi connectivity index (χ1n) is 4.94. The van der Waals surface area contributed by atoms with Crippen LogP contribution in [0.2, 0.25) is 0 Å². The van der Waals surface area contributed by atoms with Crippen molar-refractivity contribution in [3.05, 3.63) is 0 Å². The predicted molar refractivity (Wildman–Crippen MR) is 51.4 cm³/mol. The molecule has 0 aliphatic heterocycles. The first-order valence-corrected chi connectivity index (χ1v) is 4.94. The van der Waals surface area contributed by atoms with Crippen LogP contribution in [0, 0.1) is 11.8 Å². The maximum Gasteiger partial charge on any atom is 0.323 e. The van der Waals surface area contributed by atoms with Gasteiger partial charge in [0.1, 0.15) is 5.54 Å². The summed E-state index contributed by atoms with van der Waals surface area (Å²) in [6, 6.07) is 0. The Morgan fingerprint density at radius 2 is 2.23 bits per heavy atom. The highest BCUT2D eigenvalue weighted by Crippen LogP contribution is 2.36. The van der Waals surface area contributed by atoms with Gasteiger partial charge in [0.25, 0.3) is 0 Å². The zero-order valence-electron chi connectivity index (χ0n) is 8.42. The third kappa shape index (κ3) is 3.35. The highest BCUT2D eigenvalue weighted by atomic mass is 16.4. The molecule has 1 aliphatic rings. The maximum absolute atomic E-state index is 10.7. The van der Waals surface area contributed by atoms with Crippen LogP contribution in [-0.2, 0) is 4.79 Å². The highest BCUT2D eigenvalue weighted by molar-refractivity contribution is 5.77. The molecular weight excluding hydrogens is 166 g/mol. The van der Waals surface area contributed by atoms with E-state index in [9.17, 15) is 4.79 Å². The van der Waals surface area contributed by atoms with Crippen molar-refractivity contribution in [2.24, 2.45) is 17.6 Å². The molecule has 0 saturated heterocycles. The van der Waals surface area contributed by atoms with E-state index in [1.165, 1.54) is 12.8 Å². The summed E-state index contributed by atoms with van der Waals surface area (Å²) >= 11 is 0. The van der Waals surface area contributed by atoms with Gasteiger partial charge in [-0.1, -0.05) is 19.8 Å². The Balaban J connectivity index is 2.32. The molecule has 0 aromatic carbocycles. The van der Waals surface area contributed by atoms with Gasteiger partial charge in [-0.15, -0.1) is 0 Å². The number of hydrogen-bond donors (Lipinski definition) is 2. The lowest BCUT2D eigenvalue weighted by Crippen LogP contribution is -2.46. The lowest BCUT2D eigenvalue weighted by atomic mass is 9.88. The standard InChI is InChI=1S/C10H19NO2/c1-7(5-8-3-4-8)6-10(2,11)9(12)13/h7-8H,3-6,11H2,1-2H3,(H,12,13)/t7-,10+/m0/s1. The predicted octanol–water partition coefficient (Wildman–Crippen LogP) is 1.61. The Labute approximate surface area is 79.3 Å². The zero-order chi connectivity index (χ0) is 10.1. The molecule has 0 aromatic rings. The summed E-state index contributed by atoms with van der Waals surface area (Å²) in [6.45, 7) is 3.69. The van der Waals surface area contributed by atoms with Gasteiger partial charge >= 0.3 is 5.97 Å². The van der Waals surface area contributed by atoms with Crippen molar-refractivity contribution in [3.63, 3.8) is 0 Å². The fourth-order valence-corrected chi connectivity index (χ4v) is 1.82. The number of carbonyl (C=O) groups is 1. The maximum atomic E-state index is 10.7. The summed E-state index contributed by atoms with van der Waals surface area (Å²) in [4.78, 5) is 10.7. The molecule has 1 fully saturated rings. The van der Waals surface area contributed by atoms with Crippen molar-refractivity contribution in [2.75, 3.05) is 0 Å². The van der Waals surface area contributed by atoms with Gasteiger partial charge in [-0.3, -0.25) is 4.79 Å². The highest BCUT2D eigenvalue weighted by Gasteiger charge is 2.32. The molecule has 3 N–H and O–H groups in total. The summed E-state index contributed by atoms with van der Waals surface area (Å²) in [5, 5.41) is 8.81. The van der Waals surface area contributed by atoms with Crippen molar-refractivity contribution in [1.29, 1.82) is 0 Å². The third-order valence-corrected chi connectivity index (χ3v) is 2.69. The van der Waals surface area contributed by atoms with Crippen LogP contribution in [-0.4, -0.2) is 16.6 Å². The van der Waals surface area contributed by atoms with E-state index in [0.717, 1.165) is 12.3 Å². The summed E-state index contributed by atoms with van der Waals surface area (Å²) in [5.41, 5.74) is 4.61. The molecule has 0 unspecified atom stereocenters. The number of nitrogens with two attached hydrogens (primary N) is 1. The van der Waals surface area contributed by atoms with Crippen LogP contribution in [0.5, 0.6) is 0 Å². The molecule has 0 amide bonds. The van der Waals surface area contributed by atoms with Crippen LogP contribution in [0.15, 0.2) is 0 Å². The molecule has 1 saturated carbocycles. The molecule has 0 heterocycles. The van der Waals surface area contributed by atoms with E-state index in [1.54, 1.807) is 6.92 Å². The minimum atomic E-state index is -1.05. The second-order valence-corrected chi connectivity index (χ2v) is 4.71. The fraction of sp³-hybridized carbons (Fsp3) is 0.900. The van der Waals surface area contributed by atoms with Crippen LogP contribution in [0.3, 0.4) is 0 Å². The molecule has 0 spiro atoms. The van der Waals surface area contributed by atoms with Gasteiger partial charge < -0.3 is 10.8 Å². The Morgan fingerprint density at radius 3 is 2.62 bits per heavy atom. The number of carboxylic acids is 1. The topological polar surface area (TPSA) is 63.3 Å². The van der Waals surface area contributed by atoms with Gasteiger partial charge in [0, 0.05) is 0 Å². The largest absolute Gasteiger partial charge is 0.480 e. The molecule has 76 valence electrons. The molecule has 1 aliphatic carbocycles. The van der Waals surface area contributed by atoms with Crippen LogP contribution < -0.4 is 5.73 Å². The van der Waals surface area contributed by atoms with Gasteiger partial charge in [-0.05, 0) is 31.6 Å². The Hall–Kier alpha value is -0.570. The molecule has 2 atom stereocenters.